The summed E-state index contributed by atoms with van der Waals surface area (Å²) in [6.45, 7) is 10.8. The number of ketones is 1. The summed E-state index contributed by atoms with van der Waals surface area (Å²) in [6.07, 6.45) is 0.672. The van der Waals surface area contributed by atoms with Crippen LogP contribution in [-0.4, -0.2) is 125 Å². The van der Waals surface area contributed by atoms with Gasteiger partial charge in [0.1, 0.15) is 23.7 Å². The summed E-state index contributed by atoms with van der Waals surface area (Å²) in [6, 6.07) is 3.61. The highest BCUT2D eigenvalue weighted by Crippen LogP contribution is 2.43. The van der Waals surface area contributed by atoms with Crippen LogP contribution in [-0.2, 0) is 38.2 Å². The van der Waals surface area contributed by atoms with Gasteiger partial charge >= 0.3 is 6.09 Å². The first kappa shape index (κ1) is 42.2. The number of nitrogens with one attached hydrogen (secondary N) is 4. The number of Topliss-reactive ketones (excluding diaryl/α,β-unsaturated/α-hetero) is 1. The fourth-order valence-electron chi connectivity index (χ4n) is 6.95. The molecule has 1 aliphatic carbocycles. The van der Waals surface area contributed by atoms with E-state index in [9.17, 15) is 38.7 Å². The van der Waals surface area contributed by atoms with E-state index in [2.05, 4.69) is 21.3 Å². The first-order valence-electron chi connectivity index (χ1n) is 18.4. The van der Waals surface area contributed by atoms with Gasteiger partial charge in [0.05, 0.1) is 29.9 Å². The van der Waals surface area contributed by atoms with Gasteiger partial charge in [-0.2, -0.15) is 0 Å². The number of fused-ring (bicyclic) bond motifs is 1. The molecule has 5 N–H and O–H groups in total. The number of hydrogen-bond donors (Lipinski definition) is 5. The first-order valence-corrected chi connectivity index (χ1v) is 18.4. The highest BCUT2D eigenvalue weighted by atomic mass is 16.6. The molecule has 1 aromatic carbocycles. The fraction of sp³-hybridized carbons (Fsp3) is 0.658. The van der Waals surface area contributed by atoms with Crippen molar-refractivity contribution >= 4 is 41.4 Å². The SMILES string of the molecule is CN(C)C(=O)[C@@H](NC(=O)CNC(=O)C(=O)C(CC1CC1)NC(=O)[C@@H]1[C@H]2CC(C)(C)O[C@H]2CN1C(=O)[C@@H](NC(=O)OC(C)(C)C)C(C)(C)O)c1ccccc1. The van der Waals surface area contributed by atoms with Gasteiger partial charge < -0.3 is 45.6 Å². The van der Waals surface area contributed by atoms with Crippen molar-refractivity contribution in [3.63, 3.8) is 0 Å². The Morgan fingerprint density at radius 3 is 2.17 bits per heavy atom. The lowest BCUT2D eigenvalue weighted by Gasteiger charge is -2.36. The van der Waals surface area contributed by atoms with Crippen molar-refractivity contribution in [2.24, 2.45) is 11.8 Å². The van der Waals surface area contributed by atoms with Crippen LogP contribution in [0.25, 0.3) is 0 Å². The predicted molar refractivity (Wildman–Crippen MR) is 195 cm³/mol. The number of likely N-dealkylation sites (tertiary alicyclic amines) is 1. The summed E-state index contributed by atoms with van der Waals surface area (Å²) in [7, 11) is 3.10. The van der Waals surface area contributed by atoms with E-state index in [-0.39, 0.29) is 18.9 Å². The van der Waals surface area contributed by atoms with Gasteiger partial charge in [0.25, 0.3) is 5.91 Å². The van der Waals surface area contributed by atoms with Gasteiger partial charge in [0.2, 0.25) is 29.4 Å². The van der Waals surface area contributed by atoms with Gasteiger partial charge in [-0.3, -0.25) is 28.8 Å². The number of likely N-dealkylation sites (N-methyl/N-ethyl adjacent to an activating group) is 1. The van der Waals surface area contributed by atoms with Crippen LogP contribution in [0, 0.1) is 11.8 Å². The molecule has 2 saturated heterocycles. The summed E-state index contributed by atoms with van der Waals surface area (Å²) in [5.41, 5.74) is -2.75. The lowest BCUT2D eigenvalue weighted by atomic mass is 9.89. The van der Waals surface area contributed by atoms with Gasteiger partial charge in [-0.25, -0.2) is 4.79 Å². The molecule has 16 nitrogen and oxygen atoms in total. The Morgan fingerprint density at radius 2 is 1.61 bits per heavy atom. The van der Waals surface area contributed by atoms with Crippen molar-refractivity contribution in [2.45, 2.75) is 121 Å². The number of ether oxygens (including phenoxy) is 2. The molecule has 298 valence electrons. The molecule has 3 aliphatic rings. The van der Waals surface area contributed by atoms with Crippen molar-refractivity contribution in [3.05, 3.63) is 35.9 Å². The lowest BCUT2D eigenvalue weighted by molar-refractivity contribution is -0.147. The molecular formula is C38H56N6O10. The van der Waals surface area contributed by atoms with E-state index in [0.717, 1.165) is 12.8 Å². The molecule has 0 bridgehead atoms. The van der Waals surface area contributed by atoms with Crippen LogP contribution in [0.3, 0.4) is 0 Å². The molecule has 2 heterocycles. The number of carbonyl (C=O) groups excluding carboxylic acids is 7. The van der Waals surface area contributed by atoms with E-state index in [0.29, 0.717) is 12.0 Å². The number of carbonyl (C=O) groups is 7. The van der Waals surface area contributed by atoms with Crippen LogP contribution in [0.15, 0.2) is 30.3 Å². The summed E-state index contributed by atoms with van der Waals surface area (Å²) >= 11 is 0. The van der Waals surface area contributed by atoms with Gasteiger partial charge in [-0.05, 0) is 72.8 Å². The second-order valence-electron chi connectivity index (χ2n) is 16.9. The molecule has 1 saturated carbocycles. The van der Waals surface area contributed by atoms with Crippen molar-refractivity contribution in [3.8, 4) is 0 Å². The molecule has 54 heavy (non-hydrogen) atoms. The van der Waals surface area contributed by atoms with E-state index in [1.807, 2.05) is 13.8 Å². The predicted octanol–water partition coefficient (Wildman–Crippen LogP) is 0.961. The maximum atomic E-state index is 14.3. The Morgan fingerprint density at radius 1 is 0.981 bits per heavy atom. The second-order valence-corrected chi connectivity index (χ2v) is 16.9. The lowest BCUT2D eigenvalue weighted by Crippen LogP contribution is -2.62. The van der Waals surface area contributed by atoms with E-state index in [1.165, 1.54) is 23.6 Å². The van der Waals surface area contributed by atoms with Crippen LogP contribution < -0.4 is 21.3 Å². The van der Waals surface area contributed by atoms with Gasteiger partial charge in [-0.1, -0.05) is 43.2 Å². The van der Waals surface area contributed by atoms with E-state index < -0.39 is 101 Å². The minimum Gasteiger partial charge on any atom is -0.444 e. The van der Waals surface area contributed by atoms with Crippen molar-refractivity contribution < 1.29 is 48.1 Å². The van der Waals surface area contributed by atoms with Crippen LogP contribution in [0.1, 0.15) is 85.8 Å². The molecule has 0 aromatic heterocycles. The van der Waals surface area contributed by atoms with Gasteiger partial charge in [0, 0.05) is 26.6 Å². The van der Waals surface area contributed by atoms with E-state index >= 15 is 0 Å². The van der Waals surface area contributed by atoms with Crippen molar-refractivity contribution in [1.29, 1.82) is 0 Å². The number of aliphatic hydroxyl groups is 1. The fourth-order valence-corrected chi connectivity index (χ4v) is 6.95. The molecule has 1 unspecified atom stereocenters. The zero-order valence-electron chi connectivity index (χ0n) is 32.7. The highest BCUT2D eigenvalue weighted by molar-refractivity contribution is 6.38. The minimum absolute atomic E-state index is 0.0231. The highest BCUT2D eigenvalue weighted by Gasteiger charge is 2.57. The van der Waals surface area contributed by atoms with E-state index in [4.69, 9.17) is 9.47 Å². The average Bonchev–Trinajstić information content (AvgIpc) is 3.74. The first-order chi connectivity index (χ1) is 25.0. The summed E-state index contributed by atoms with van der Waals surface area (Å²) < 4.78 is 11.5. The molecule has 16 heteroatoms. The van der Waals surface area contributed by atoms with Crippen LogP contribution in [0.4, 0.5) is 4.79 Å². The maximum Gasteiger partial charge on any atom is 0.408 e. The molecule has 6 atom stereocenters. The third-order valence-corrected chi connectivity index (χ3v) is 9.62. The Labute approximate surface area is 316 Å². The summed E-state index contributed by atoms with van der Waals surface area (Å²) in [5, 5.41) is 21.1. The number of benzene rings is 1. The molecule has 0 spiro atoms. The smallest absolute Gasteiger partial charge is 0.408 e. The molecule has 3 fully saturated rings. The molecule has 1 aromatic rings. The third kappa shape index (κ3) is 11.0. The van der Waals surface area contributed by atoms with Crippen LogP contribution >= 0.6 is 0 Å². The molecule has 6 amide bonds. The van der Waals surface area contributed by atoms with Crippen LogP contribution in [0.5, 0.6) is 0 Å². The number of nitrogens with zero attached hydrogens (tertiary/aromatic N) is 2. The Hall–Kier alpha value is -4.57. The van der Waals surface area contributed by atoms with Crippen molar-refractivity contribution in [1.82, 2.24) is 31.1 Å². The van der Waals surface area contributed by atoms with Crippen molar-refractivity contribution in [2.75, 3.05) is 27.2 Å². The number of alkyl carbamates (subject to hydrolysis) is 1. The normalized spacial score (nSPS) is 22.2. The second kappa shape index (κ2) is 16.4. The molecule has 4 rings (SSSR count). The third-order valence-electron chi connectivity index (χ3n) is 9.62. The number of amides is 6. The minimum atomic E-state index is -1.78. The van der Waals surface area contributed by atoms with E-state index in [1.54, 1.807) is 65.2 Å². The standard InChI is InChI=1S/C38H56N6O10/c1-36(2,3)54-35(51)42-30(38(6,7)52)34(50)44-20-25-23(18-37(4,5)53-25)28(44)31(47)40-24(17-21-15-16-21)29(46)32(48)39-19-26(45)41-27(33(49)43(8)9)22-13-11-10-12-14-22/h10-14,21,23-25,27-28,30,52H,15-20H2,1-9H3,(H,39,48)(H,40,47)(H,41,45)(H,42,51)/t23-,24?,25-,27-,28-,30+/m0/s1. The summed E-state index contributed by atoms with van der Waals surface area (Å²) in [4.78, 5) is 96.4. The van der Waals surface area contributed by atoms with Gasteiger partial charge in [0.15, 0.2) is 0 Å². The number of rotatable bonds is 14. The molecular weight excluding hydrogens is 700 g/mol. The number of hydrogen-bond acceptors (Lipinski definition) is 10. The Kier molecular flexibility index (Phi) is 12.8. The topological polar surface area (TPSA) is 213 Å². The zero-order valence-corrected chi connectivity index (χ0v) is 32.7. The molecule has 2 aliphatic heterocycles. The largest absolute Gasteiger partial charge is 0.444 e. The monoisotopic (exact) mass is 756 g/mol. The maximum absolute atomic E-state index is 14.3. The average molecular weight is 757 g/mol. The Balaban J connectivity index is 1.50. The van der Waals surface area contributed by atoms with Crippen LogP contribution in [0.2, 0.25) is 0 Å². The summed E-state index contributed by atoms with van der Waals surface area (Å²) in [5.74, 6) is -5.03. The zero-order chi connectivity index (χ0) is 40.3. The molecule has 0 radical (unpaired) electrons. The Bertz CT molecular complexity index is 1600. The van der Waals surface area contributed by atoms with Gasteiger partial charge in [-0.15, -0.1) is 0 Å². The quantitative estimate of drug-likeness (QED) is 0.170.